The number of aromatic nitrogens is 3. The van der Waals surface area contributed by atoms with Gasteiger partial charge in [0, 0.05) is 36.3 Å². The zero-order chi connectivity index (χ0) is 24.5. The molecular weight excluding hydrogens is 534 g/mol. The maximum absolute atomic E-state index is 6.49. The Balaban J connectivity index is 1.18. The van der Waals surface area contributed by atoms with Gasteiger partial charge in [0.2, 0.25) is 0 Å². The molecule has 1 atom stereocenters. The molecule has 0 saturated carbocycles. The molecule has 0 bridgehead atoms. The van der Waals surface area contributed by atoms with Crippen LogP contribution in [-0.2, 0) is 6.54 Å². The number of halogens is 2. The van der Waals surface area contributed by atoms with Gasteiger partial charge in [0.15, 0.2) is 5.65 Å². The minimum atomic E-state index is 0.560. The Labute approximate surface area is 224 Å². The number of benzene rings is 3. The molecule has 1 N–H and O–H groups in total. The summed E-state index contributed by atoms with van der Waals surface area (Å²) in [7, 11) is 0. The zero-order valence-electron chi connectivity index (χ0n) is 19.9. The predicted octanol–water partition coefficient (Wildman–Crippen LogP) is 7.29. The van der Waals surface area contributed by atoms with Gasteiger partial charge in [-0.1, -0.05) is 66.2 Å². The number of hydrogen-bond acceptors (Lipinski definition) is 4. The van der Waals surface area contributed by atoms with Crippen LogP contribution in [-0.4, -0.2) is 39.1 Å². The number of piperidine rings is 1. The largest absolute Gasteiger partial charge is 0.370 e. The van der Waals surface area contributed by atoms with Crippen molar-refractivity contribution in [3.05, 3.63) is 94.1 Å². The van der Waals surface area contributed by atoms with E-state index in [9.17, 15) is 0 Å². The first-order valence-corrected chi connectivity index (χ1v) is 13.5. The summed E-state index contributed by atoms with van der Waals surface area (Å²) in [4.78, 5) is 7.41. The predicted molar refractivity (Wildman–Crippen MR) is 152 cm³/mol. The summed E-state index contributed by atoms with van der Waals surface area (Å²) in [6.45, 7) is 4.09. The average Bonchev–Trinajstić information content (AvgIpc) is 3.28. The van der Waals surface area contributed by atoms with E-state index in [1.165, 1.54) is 29.2 Å². The fourth-order valence-corrected chi connectivity index (χ4v) is 5.76. The highest BCUT2D eigenvalue weighted by atomic mass is 79.9. The lowest BCUT2D eigenvalue weighted by Gasteiger charge is -2.33. The van der Waals surface area contributed by atoms with Crippen molar-refractivity contribution in [2.24, 2.45) is 5.92 Å². The molecule has 1 aliphatic rings. The van der Waals surface area contributed by atoms with E-state index in [4.69, 9.17) is 16.6 Å². The second kappa shape index (κ2) is 10.2. The summed E-state index contributed by atoms with van der Waals surface area (Å²) < 4.78 is 2.72. The molecule has 1 fully saturated rings. The van der Waals surface area contributed by atoms with Crippen LogP contribution in [0.1, 0.15) is 18.4 Å². The number of nitrogens with one attached hydrogen (secondary N) is 1. The van der Waals surface area contributed by atoms with Crippen molar-refractivity contribution in [2.45, 2.75) is 19.4 Å². The molecule has 0 spiro atoms. The van der Waals surface area contributed by atoms with Gasteiger partial charge in [-0.05, 0) is 69.7 Å². The monoisotopic (exact) mass is 559 g/mol. The van der Waals surface area contributed by atoms with E-state index in [2.05, 4.69) is 73.7 Å². The summed E-state index contributed by atoms with van der Waals surface area (Å²) in [6, 6.07) is 25.3. The molecule has 7 heteroatoms. The minimum absolute atomic E-state index is 0.560. The quantitative estimate of drug-likeness (QED) is 0.237. The Kier molecular flexibility index (Phi) is 6.65. The van der Waals surface area contributed by atoms with Crippen molar-refractivity contribution in [3.63, 3.8) is 0 Å². The lowest BCUT2D eigenvalue weighted by atomic mass is 9.97. The molecule has 5 nitrogen and oxygen atoms in total. The number of anilines is 1. The SMILES string of the molecule is Clc1ccccc1-c1cc(NCC2CCCN(Cc3ccc4ccccc4c3)C2)n2ncc(Br)c2n1. The van der Waals surface area contributed by atoms with Crippen molar-refractivity contribution in [1.29, 1.82) is 0 Å². The second-order valence-electron chi connectivity index (χ2n) is 9.54. The molecule has 1 unspecified atom stereocenters. The van der Waals surface area contributed by atoms with Gasteiger partial charge in [-0.3, -0.25) is 4.90 Å². The first kappa shape index (κ1) is 23.5. The highest BCUT2D eigenvalue weighted by Gasteiger charge is 2.21. The first-order chi connectivity index (χ1) is 17.6. The average molecular weight is 561 g/mol. The van der Waals surface area contributed by atoms with E-state index in [1.54, 1.807) is 6.20 Å². The summed E-state index contributed by atoms with van der Waals surface area (Å²) in [5, 5.41) is 11.5. The van der Waals surface area contributed by atoms with Gasteiger partial charge in [0.25, 0.3) is 0 Å². The molecule has 0 radical (unpaired) electrons. The third-order valence-corrected chi connectivity index (χ3v) is 7.86. The summed E-state index contributed by atoms with van der Waals surface area (Å²) in [5.41, 5.74) is 3.90. The Hall–Kier alpha value is -2.93. The molecule has 36 heavy (non-hydrogen) atoms. The van der Waals surface area contributed by atoms with Crippen LogP contribution in [0.15, 0.2) is 83.5 Å². The number of likely N-dealkylation sites (tertiary alicyclic amines) is 1. The number of hydrogen-bond donors (Lipinski definition) is 1. The van der Waals surface area contributed by atoms with E-state index in [0.717, 1.165) is 53.4 Å². The molecule has 2 aromatic heterocycles. The molecule has 3 heterocycles. The van der Waals surface area contributed by atoms with Crippen LogP contribution in [0.5, 0.6) is 0 Å². The van der Waals surface area contributed by atoms with Crippen LogP contribution < -0.4 is 5.32 Å². The smallest absolute Gasteiger partial charge is 0.172 e. The molecule has 0 amide bonds. The summed E-state index contributed by atoms with van der Waals surface area (Å²) in [6.07, 6.45) is 4.22. The highest BCUT2D eigenvalue weighted by Crippen LogP contribution is 2.31. The maximum atomic E-state index is 6.49. The minimum Gasteiger partial charge on any atom is -0.370 e. The molecule has 1 saturated heterocycles. The summed E-state index contributed by atoms with van der Waals surface area (Å²) >= 11 is 10.1. The molecule has 1 aliphatic heterocycles. The second-order valence-corrected chi connectivity index (χ2v) is 10.8. The molecule has 5 aromatic rings. The van der Waals surface area contributed by atoms with Gasteiger partial charge in [-0.25, -0.2) is 4.98 Å². The van der Waals surface area contributed by atoms with Crippen molar-refractivity contribution < 1.29 is 0 Å². The lowest BCUT2D eigenvalue weighted by Crippen LogP contribution is -2.37. The maximum Gasteiger partial charge on any atom is 0.172 e. The normalized spacial score (nSPS) is 16.6. The highest BCUT2D eigenvalue weighted by molar-refractivity contribution is 9.10. The van der Waals surface area contributed by atoms with Crippen LogP contribution in [0.3, 0.4) is 0 Å². The lowest BCUT2D eigenvalue weighted by molar-refractivity contribution is 0.173. The van der Waals surface area contributed by atoms with Gasteiger partial charge in [0.05, 0.1) is 16.4 Å². The third-order valence-electron chi connectivity index (χ3n) is 6.97. The van der Waals surface area contributed by atoms with Crippen LogP contribution in [0.2, 0.25) is 5.02 Å². The number of nitrogens with zero attached hydrogens (tertiary/aromatic N) is 4. The summed E-state index contributed by atoms with van der Waals surface area (Å²) in [5.74, 6) is 1.48. The first-order valence-electron chi connectivity index (χ1n) is 12.4. The molecular formula is C29H27BrClN5. The molecule has 0 aliphatic carbocycles. The number of fused-ring (bicyclic) bond motifs is 2. The standard InChI is InChI=1S/C29H27BrClN5/c30-25-17-33-36-28(15-27(34-29(25)36)24-9-3-4-10-26(24)31)32-16-21-6-5-13-35(19-21)18-20-11-12-22-7-1-2-8-23(22)14-20/h1-4,7-12,14-15,17,21,32H,5-6,13,16,18-19H2. The van der Waals surface area contributed by atoms with Crippen molar-refractivity contribution in [1.82, 2.24) is 19.5 Å². The Morgan fingerprint density at radius 2 is 1.83 bits per heavy atom. The van der Waals surface area contributed by atoms with Crippen LogP contribution in [0.25, 0.3) is 27.7 Å². The van der Waals surface area contributed by atoms with Gasteiger partial charge in [-0.15, -0.1) is 0 Å². The Morgan fingerprint density at radius 3 is 2.72 bits per heavy atom. The molecule has 3 aromatic carbocycles. The zero-order valence-corrected chi connectivity index (χ0v) is 22.2. The van der Waals surface area contributed by atoms with Crippen LogP contribution >= 0.6 is 27.5 Å². The molecule has 6 rings (SSSR count). The van der Waals surface area contributed by atoms with Crippen molar-refractivity contribution in [2.75, 3.05) is 25.0 Å². The van der Waals surface area contributed by atoms with E-state index in [1.807, 2.05) is 34.8 Å². The fraction of sp³-hybridized carbons (Fsp3) is 0.241. The van der Waals surface area contributed by atoms with Gasteiger partial charge in [-0.2, -0.15) is 9.61 Å². The van der Waals surface area contributed by atoms with Crippen molar-refractivity contribution >= 4 is 49.8 Å². The Morgan fingerprint density at radius 1 is 1.00 bits per heavy atom. The van der Waals surface area contributed by atoms with Crippen LogP contribution in [0, 0.1) is 5.92 Å². The van der Waals surface area contributed by atoms with Gasteiger partial charge >= 0.3 is 0 Å². The van der Waals surface area contributed by atoms with E-state index in [-0.39, 0.29) is 0 Å². The van der Waals surface area contributed by atoms with Gasteiger partial charge < -0.3 is 5.32 Å². The third kappa shape index (κ3) is 4.85. The van der Waals surface area contributed by atoms with Gasteiger partial charge in [0.1, 0.15) is 5.82 Å². The van der Waals surface area contributed by atoms with E-state index < -0.39 is 0 Å². The van der Waals surface area contributed by atoms with Crippen LogP contribution in [0.4, 0.5) is 5.82 Å². The Bertz CT molecular complexity index is 1530. The topological polar surface area (TPSA) is 45.5 Å². The fourth-order valence-electron chi connectivity index (χ4n) is 5.17. The molecule has 182 valence electrons. The van der Waals surface area contributed by atoms with E-state index >= 15 is 0 Å². The number of rotatable bonds is 6. The van der Waals surface area contributed by atoms with E-state index in [0.29, 0.717) is 10.9 Å². The van der Waals surface area contributed by atoms with Crippen molar-refractivity contribution in [3.8, 4) is 11.3 Å².